The highest BCUT2D eigenvalue weighted by Crippen LogP contribution is 2.15. The van der Waals surface area contributed by atoms with Crippen LogP contribution in [0.15, 0.2) is 48.3 Å². The molecule has 0 atom stereocenters. The van der Waals surface area contributed by atoms with Gasteiger partial charge in [0.15, 0.2) is 0 Å². The molecule has 0 heterocycles. The summed E-state index contributed by atoms with van der Waals surface area (Å²) >= 11 is 0. The lowest BCUT2D eigenvalue weighted by Gasteiger charge is -2.08. The van der Waals surface area contributed by atoms with E-state index in [0.717, 1.165) is 0 Å². The van der Waals surface area contributed by atoms with Crippen LogP contribution < -0.4 is 0 Å². The summed E-state index contributed by atoms with van der Waals surface area (Å²) in [5.74, 6) is 0. The fraction of sp³-hybridized carbons (Fsp3) is 0.250. The van der Waals surface area contributed by atoms with Gasteiger partial charge in [-0.1, -0.05) is 48.3 Å². The van der Waals surface area contributed by atoms with E-state index in [0.29, 0.717) is 0 Å². The minimum Gasteiger partial charge on any atom is -0.0622 e. The molecule has 16 heavy (non-hydrogen) atoms. The summed E-state index contributed by atoms with van der Waals surface area (Å²) in [6.45, 7) is -6.85. The van der Waals surface area contributed by atoms with Crippen molar-refractivity contribution in [1.82, 2.24) is 0 Å². The van der Waals surface area contributed by atoms with Crippen molar-refractivity contribution in [1.29, 1.82) is 0 Å². The summed E-state index contributed by atoms with van der Waals surface area (Å²) in [6, 6.07) is -8.75. The van der Waals surface area contributed by atoms with Crippen molar-refractivity contribution in [2.24, 2.45) is 0 Å². The Morgan fingerprint density at radius 1 is 1.00 bits per heavy atom. The minimum atomic E-state index is -3.70. The average Bonchev–Trinajstić information content (AvgIpc) is 2.66. The van der Waals surface area contributed by atoms with E-state index in [1.165, 1.54) is 0 Å². The van der Waals surface area contributed by atoms with Crippen LogP contribution in [0, 0.1) is 13.7 Å². The van der Waals surface area contributed by atoms with Crippen molar-refractivity contribution < 1.29 is 24.7 Å². The second-order valence-electron chi connectivity index (χ2n) is 2.75. The van der Waals surface area contributed by atoms with Crippen LogP contribution in [0.25, 0.3) is 0 Å². The molecule has 2 aromatic rings. The quantitative estimate of drug-likeness (QED) is 0.742. The van der Waals surface area contributed by atoms with Crippen LogP contribution in [-0.2, 0) is 12.7 Å². The van der Waals surface area contributed by atoms with E-state index < -0.39 is 97.0 Å². The first kappa shape index (κ1) is 2.33. The number of benzene rings is 2. The van der Waals surface area contributed by atoms with Gasteiger partial charge in [-0.2, -0.15) is 0 Å². The molecule has 0 aliphatic rings. The standard InChI is InChI=1S/C16H18/c1-13-7-6-10-16(14(13)2)12-11-15-8-4-3-5-9-15/h3-10H,11-12H2,1-2H3/i1D3,2D3,3D,4D,5D,6D,7D,8D,9D,10D,11D2,12D2. The minimum absolute atomic E-state index is 0.892. The third-order valence-corrected chi connectivity index (χ3v) is 1.69. The van der Waals surface area contributed by atoms with Crippen LogP contribution in [0.5, 0.6) is 0 Å². The van der Waals surface area contributed by atoms with Crippen LogP contribution in [0.3, 0.4) is 0 Å². The van der Waals surface area contributed by atoms with Crippen molar-refractivity contribution in [3.63, 3.8) is 0 Å². The molecule has 0 heteroatoms. The molecule has 0 unspecified atom stereocenters. The highest BCUT2D eigenvalue weighted by atomic mass is 14.1. The fourth-order valence-corrected chi connectivity index (χ4v) is 0.938. The summed E-state index contributed by atoms with van der Waals surface area (Å²) < 4.78 is 143. The van der Waals surface area contributed by atoms with Crippen LogP contribution in [0.4, 0.5) is 0 Å². The van der Waals surface area contributed by atoms with Gasteiger partial charge in [-0.25, -0.2) is 0 Å². The predicted octanol–water partition coefficient (Wildman–Crippen LogP) is 4.09. The summed E-state index contributed by atoms with van der Waals surface area (Å²) in [5, 5.41) is 0. The van der Waals surface area contributed by atoms with Gasteiger partial charge in [-0.05, 0) is 48.7 Å². The van der Waals surface area contributed by atoms with Crippen LogP contribution in [-0.4, -0.2) is 0 Å². The molecule has 0 fully saturated rings. The predicted molar refractivity (Wildman–Crippen MR) is 69.8 cm³/mol. The molecule has 2 aromatic carbocycles. The van der Waals surface area contributed by atoms with Gasteiger partial charge in [0.05, 0.1) is 11.0 Å². The SMILES string of the molecule is [2H]c1c([2H])c([2H])c(C([2H])([2H])C([2H])([2H])c2c([2H])c([2H])c([2H])c(C([2H])([2H])[2H])c2C([2H])([2H])[2H])c([2H])c1[2H]. The van der Waals surface area contributed by atoms with E-state index in [-0.39, 0.29) is 0 Å². The smallest absolute Gasteiger partial charge is 0.0622 e. The van der Waals surface area contributed by atoms with Crippen molar-refractivity contribution >= 4 is 0 Å². The Bertz CT molecular complexity index is 1120. The normalized spacial score (nSPS) is 30.0. The van der Waals surface area contributed by atoms with Gasteiger partial charge in [0, 0.05) is 13.7 Å². The molecule has 0 N–H and O–H groups in total. The van der Waals surface area contributed by atoms with Crippen molar-refractivity contribution in [3.8, 4) is 0 Å². The molecular formula is C16H18. The van der Waals surface area contributed by atoms with Crippen LogP contribution in [0.1, 0.15) is 46.9 Å². The first-order chi connectivity index (χ1) is 15.0. The third-order valence-electron chi connectivity index (χ3n) is 1.69. The zero-order chi connectivity index (χ0) is 26.9. The zero-order valence-electron chi connectivity index (χ0n) is 26.0. The van der Waals surface area contributed by atoms with Gasteiger partial charge in [0.1, 0.15) is 0 Å². The molecule has 0 saturated carbocycles. The second-order valence-corrected chi connectivity index (χ2v) is 2.75. The van der Waals surface area contributed by atoms with Crippen LogP contribution in [0.2, 0.25) is 0 Å². The molecule has 0 radical (unpaired) electrons. The van der Waals surface area contributed by atoms with Gasteiger partial charge in [-0.15, -0.1) is 0 Å². The van der Waals surface area contributed by atoms with Crippen LogP contribution >= 0.6 is 0 Å². The highest BCUT2D eigenvalue weighted by Gasteiger charge is 2.00. The van der Waals surface area contributed by atoms with Gasteiger partial charge in [-0.3, -0.25) is 0 Å². The highest BCUT2D eigenvalue weighted by molar-refractivity contribution is 5.33. The maximum Gasteiger partial charge on any atom is 0.0626 e. The molecule has 0 aromatic heterocycles. The summed E-state index contributed by atoms with van der Waals surface area (Å²) in [5.41, 5.74) is -5.18. The third kappa shape index (κ3) is 2.52. The van der Waals surface area contributed by atoms with Gasteiger partial charge >= 0.3 is 0 Å². The first-order valence-electron chi connectivity index (χ1n) is 13.2. The Balaban J connectivity index is 3.16. The zero-order valence-corrected chi connectivity index (χ0v) is 8.00. The van der Waals surface area contributed by atoms with Crippen molar-refractivity contribution in [2.45, 2.75) is 26.4 Å². The summed E-state index contributed by atoms with van der Waals surface area (Å²) in [7, 11) is 0. The Morgan fingerprint density at radius 2 is 1.88 bits per heavy atom. The van der Waals surface area contributed by atoms with E-state index >= 15 is 0 Å². The molecule has 2 rings (SSSR count). The van der Waals surface area contributed by atoms with Crippen molar-refractivity contribution in [2.75, 3.05) is 0 Å². The van der Waals surface area contributed by atoms with E-state index in [1.54, 1.807) is 0 Å². The molecular weight excluding hydrogens is 192 g/mol. The molecule has 0 bridgehead atoms. The van der Waals surface area contributed by atoms with E-state index in [2.05, 4.69) is 0 Å². The lowest BCUT2D eigenvalue weighted by Crippen LogP contribution is -1.95. The molecule has 0 aliphatic heterocycles. The Kier molecular flexibility index (Phi) is 0.726. The molecule has 0 spiro atoms. The van der Waals surface area contributed by atoms with Gasteiger partial charge < -0.3 is 0 Å². The first-order valence-corrected chi connectivity index (χ1v) is 4.25. The average molecular weight is 228 g/mol. The molecule has 0 nitrogen and oxygen atoms in total. The van der Waals surface area contributed by atoms with E-state index in [1.807, 2.05) is 0 Å². The van der Waals surface area contributed by atoms with Crippen molar-refractivity contribution in [3.05, 3.63) is 70.6 Å². The topological polar surface area (TPSA) is 0 Å². The largest absolute Gasteiger partial charge is 0.0626 e. The lowest BCUT2D eigenvalue weighted by atomic mass is 9.98. The number of hydrogen-bond donors (Lipinski definition) is 0. The molecule has 82 valence electrons. The van der Waals surface area contributed by atoms with Gasteiger partial charge in [0.25, 0.3) is 0 Å². The summed E-state index contributed by atoms with van der Waals surface area (Å²) in [4.78, 5) is 0. The maximum absolute atomic E-state index is 8.48. The van der Waals surface area contributed by atoms with E-state index in [9.17, 15) is 0 Å². The Morgan fingerprint density at radius 3 is 2.62 bits per heavy atom. The lowest BCUT2D eigenvalue weighted by molar-refractivity contribution is 0.945. The second kappa shape index (κ2) is 4.98. The maximum atomic E-state index is 8.48. The summed E-state index contributed by atoms with van der Waals surface area (Å²) in [6.07, 6.45) is -7.32. The molecule has 0 aliphatic carbocycles. The van der Waals surface area contributed by atoms with Gasteiger partial charge in [0.2, 0.25) is 0 Å². The number of hydrogen-bond acceptors (Lipinski definition) is 0. The molecule has 0 saturated heterocycles. The van der Waals surface area contributed by atoms with E-state index in [4.69, 9.17) is 24.7 Å². The monoisotopic (exact) mass is 228 g/mol. The number of rotatable bonds is 3. The fourth-order valence-electron chi connectivity index (χ4n) is 0.938. The molecule has 0 amide bonds. The Labute approximate surface area is 123 Å². The Hall–Kier alpha value is -1.56.